The van der Waals surface area contributed by atoms with Crippen LogP contribution >= 0.6 is 0 Å². The van der Waals surface area contributed by atoms with Crippen LogP contribution in [0.15, 0.2) is 48.5 Å². The number of benzene rings is 2. The van der Waals surface area contributed by atoms with Crippen LogP contribution < -0.4 is 14.5 Å². The van der Waals surface area contributed by atoms with Crippen LogP contribution in [0.5, 0.6) is 0 Å². The van der Waals surface area contributed by atoms with Crippen molar-refractivity contribution < 1.29 is 13.2 Å². The molecule has 0 atom stereocenters. The van der Waals surface area contributed by atoms with Gasteiger partial charge >= 0.3 is 0 Å². The van der Waals surface area contributed by atoms with Crippen molar-refractivity contribution in [2.45, 2.75) is 32.7 Å². The number of hydrogen-bond donors (Lipinski definition) is 1. The summed E-state index contributed by atoms with van der Waals surface area (Å²) in [7, 11) is -3.56. The molecule has 29 heavy (non-hydrogen) atoms. The van der Waals surface area contributed by atoms with Crippen molar-refractivity contribution in [3.63, 3.8) is 0 Å². The van der Waals surface area contributed by atoms with E-state index in [-0.39, 0.29) is 12.5 Å². The van der Waals surface area contributed by atoms with Crippen molar-refractivity contribution in [1.29, 1.82) is 0 Å². The van der Waals surface area contributed by atoms with Gasteiger partial charge in [0.05, 0.1) is 11.9 Å². The lowest BCUT2D eigenvalue weighted by Gasteiger charge is -2.22. The first-order chi connectivity index (χ1) is 13.9. The molecule has 1 aliphatic rings. The fourth-order valence-corrected chi connectivity index (χ4v) is 4.34. The standard InChI is InChI=1S/C22H29N3O3S/c1-3-18-6-12-21(13-7-18)25(29(2,27)28)17-22(26)23-16-19-8-10-20(11-9-19)24-14-4-5-15-24/h6-13H,3-5,14-17H2,1-2H3,(H,23,26). The molecule has 0 bridgehead atoms. The number of nitrogens with zero attached hydrogens (tertiary/aromatic N) is 2. The summed E-state index contributed by atoms with van der Waals surface area (Å²) in [5.41, 5.74) is 3.80. The molecule has 156 valence electrons. The van der Waals surface area contributed by atoms with Gasteiger partial charge in [-0.3, -0.25) is 9.10 Å². The normalized spacial score (nSPS) is 14.1. The van der Waals surface area contributed by atoms with E-state index in [9.17, 15) is 13.2 Å². The largest absolute Gasteiger partial charge is 0.372 e. The van der Waals surface area contributed by atoms with E-state index in [0.29, 0.717) is 12.2 Å². The van der Waals surface area contributed by atoms with E-state index in [1.54, 1.807) is 12.1 Å². The average Bonchev–Trinajstić information content (AvgIpc) is 3.25. The molecule has 1 amide bonds. The Morgan fingerprint density at radius 1 is 1.00 bits per heavy atom. The fraction of sp³-hybridized carbons (Fsp3) is 0.409. The van der Waals surface area contributed by atoms with Crippen molar-refractivity contribution in [3.8, 4) is 0 Å². The fourth-order valence-electron chi connectivity index (χ4n) is 3.48. The van der Waals surface area contributed by atoms with Gasteiger partial charge in [0.15, 0.2) is 0 Å². The Bertz CT molecular complexity index is 919. The Balaban J connectivity index is 1.59. The van der Waals surface area contributed by atoms with Crippen molar-refractivity contribution >= 4 is 27.3 Å². The van der Waals surface area contributed by atoms with E-state index in [1.807, 2.05) is 31.2 Å². The molecule has 0 unspecified atom stereocenters. The second-order valence-electron chi connectivity index (χ2n) is 7.43. The summed E-state index contributed by atoms with van der Waals surface area (Å²) < 4.78 is 25.5. The van der Waals surface area contributed by atoms with Crippen LogP contribution in [0.4, 0.5) is 11.4 Å². The average molecular weight is 416 g/mol. The summed E-state index contributed by atoms with van der Waals surface area (Å²) in [6, 6.07) is 15.4. The Kier molecular flexibility index (Phi) is 6.79. The monoisotopic (exact) mass is 415 g/mol. The van der Waals surface area contributed by atoms with Crippen LogP contribution in [-0.2, 0) is 27.8 Å². The van der Waals surface area contributed by atoms with Crippen LogP contribution in [0.3, 0.4) is 0 Å². The zero-order valence-corrected chi connectivity index (χ0v) is 17.9. The quantitative estimate of drug-likeness (QED) is 0.720. The highest BCUT2D eigenvalue weighted by molar-refractivity contribution is 7.92. The molecule has 1 fully saturated rings. The van der Waals surface area contributed by atoms with Crippen LogP contribution in [0.25, 0.3) is 0 Å². The Hall–Kier alpha value is -2.54. The van der Waals surface area contributed by atoms with Gasteiger partial charge in [0.1, 0.15) is 6.54 Å². The zero-order valence-electron chi connectivity index (χ0n) is 17.1. The lowest BCUT2D eigenvalue weighted by molar-refractivity contribution is -0.119. The summed E-state index contributed by atoms with van der Waals surface area (Å²) in [5.74, 6) is -0.335. The predicted molar refractivity (Wildman–Crippen MR) is 118 cm³/mol. The molecule has 1 N–H and O–H groups in total. The van der Waals surface area contributed by atoms with E-state index in [2.05, 4.69) is 22.3 Å². The zero-order chi connectivity index (χ0) is 20.9. The molecule has 3 rings (SSSR count). The maximum atomic E-state index is 12.4. The van der Waals surface area contributed by atoms with E-state index in [4.69, 9.17) is 0 Å². The summed E-state index contributed by atoms with van der Waals surface area (Å²) in [6.45, 7) is 4.35. The van der Waals surface area contributed by atoms with Gasteiger partial charge in [-0.2, -0.15) is 0 Å². The number of hydrogen-bond acceptors (Lipinski definition) is 4. The molecule has 1 aliphatic heterocycles. The lowest BCUT2D eigenvalue weighted by atomic mass is 10.1. The van der Waals surface area contributed by atoms with E-state index < -0.39 is 10.0 Å². The highest BCUT2D eigenvalue weighted by Gasteiger charge is 2.20. The van der Waals surface area contributed by atoms with Gasteiger partial charge in [-0.25, -0.2) is 8.42 Å². The number of sulfonamides is 1. The van der Waals surface area contributed by atoms with Gasteiger partial charge < -0.3 is 10.2 Å². The van der Waals surface area contributed by atoms with Crippen molar-refractivity contribution in [2.24, 2.45) is 0 Å². The molecule has 0 aromatic heterocycles. The number of nitrogens with one attached hydrogen (secondary N) is 1. The summed E-state index contributed by atoms with van der Waals surface area (Å²) in [6.07, 6.45) is 4.45. The molecule has 0 spiro atoms. The molecule has 1 saturated heterocycles. The second kappa shape index (κ2) is 9.31. The molecule has 2 aromatic rings. The maximum Gasteiger partial charge on any atom is 0.241 e. The third-order valence-electron chi connectivity index (χ3n) is 5.22. The molecular formula is C22H29N3O3S. The first kappa shape index (κ1) is 21.2. The van der Waals surface area contributed by atoms with Crippen LogP contribution in [-0.4, -0.2) is 40.2 Å². The molecule has 1 heterocycles. The van der Waals surface area contributed by atoms with Crippen molar-refractivity contribution in [1.82, 2.24) is 5.32 Å². The Morgan fingerprint density at radius 3 is 2.14 bits per heavy atom. The number of aryl methyl sites for hydroxylation is 1. The summed E-state index contributed by atoms with van der Waals surface area (Å²) in [5, 5.41) is 2.82. The van der Waals surface area contributed by atoms with Gasteiger partial charge in [-0.15, -0.1) is 0 Å². The molecule has 0 aliphatic carbocycles. The third-order valence-corrected chi connectivity index (χ3v) is 6.36. The first-order valence-corrected chi connectivity index (χ1v) is 11.9. The number of rotatable bonds is 8. The molecule has 0 saturated carbocycles. The molecule has 2 aromatic carbocycles. The van der Waals surface area contributed by atoms with Gasteiger partial charge in [-0.05, 0) is 54.7 Å². The Labute approximate surface area is 173 Å². The van der Waals surface area contributed by atoms with Gasteiger partial charge in [0.25, 0.3) is 0 Å². The maximum absolute atomic E-state index is 12.4. The van der Waals surface area contributed by atoms with Crippen LogP contribution in [0.2, 0.25) is 0 Å². The Morgan fingerprint density at radius 2 is 1.59 bits per heavy atom. The minimum atomic E-state index is -3.56. The highest BCUT2D eigenvalue weighted by Crippen LogP contribution is 2.21. The number of carbonyl (C=O) groups is 1. The predicted octanol–water partition coefficient (Wildman–Crippen LogP) is 2.93. The lowest BCUT2D eigenvalue weighted by Crippen LogP contribution is -2.40. The molecule has 7 heteroatoms. The van der Waals surface area contributed by atoms with Crippen molar-refractivity contribution in [2.75, 3.05) is 35.1 Å². The molecular weight excluding hydrogens is 386 g/mol. The first-order valence-electron chi connectivity index (χ1n) is 10.0. The molecule has 6 nitrogen and oxygen atoms in total. The number of carbonyl (C=O) groups excluding carboxylic acids is 1. The number of anilines is 2. The van der Waals surface area contributed by atoms with Gasteiger partial charge in [0.2, 0.25) is 15.9 Å². The van der Waals surface area contributed by atoms with Crippen LogP contribution in [0.1, 0.15) is 30.9 Å². The minimum Gasteiger partial charge on any atom is -0.372 e. The smallest absolute Gasteiger partial charge is 0.241 e. The minimum absolute atomic E-state index is 0.240. The highest BCUT2D eigenvalue weighted by atomic mass is 32.2. The second-order valence-corrected chi connectivity index (χ2v) is 9.33. The van der Waals surface area contributed by atoms with E-state index >= 15 is 0 Å². The van der Waals surface area contributed by atoms with Crippen molar-refractivity contribution in [3.05, 3.63) is 59.7 Å². The van der Waals surface area contributed by atoms with Gasteiger partial charge in [-0.1, -0.05) is 31.2 Å². The SMILES string of the molecule is CCc1ccc(N(CC(=O)NCc2ccc(N3CCCC3)cc2)S(C)(=O)=O)cc1. The number of amides is 1. The molecule has 0 radical (unpaired) electrons. The van der Waals surface area contributed by atoms with Gasteiger partial charge in [0, 0.05) is 25.3 Å². The van der Waals surface area contributed by atoms with E-state index in [0.717, 1.165) is 41.2 Å². The topological polar surface area (TPSA) is 69.7 Å². The van der Waals surface area contributed by atoms with E-state index in [1.165, 1.54) is 18.5 Å². The van der Waals surface area contributed by atoms with Crippen LogP contribution in [0, 0.1) is 0 Å². The summed E-state index contributed by atoms with van der Waals surface area (Å²) in [4.78, 5) is 14.8. The third kappa shape index (κ3) is 5.73. The summed E-state index contributed by atoms with van der Waals surface area (Å²) >= 11 is 0.